The first-order valence-corrected chi connectivity index (χ1v) is 9.20. The molecule has 7 heteroatoms. The van der Waals surface area contributed by atoms with Crippen LogP contribution in [0, 0.1) is 5.92 Å². The highest BCUT2D eigenvalue weighted by atomic mass is 32.2. The van der Waals surface area contributed by atoms with Crippen molar-refractivity contribution in [3.8, 4) is 11.5 Å². The summed E-state index contributed by atoms with van der Waals surface area (Å²) in [5, 5.41) is 0. The fourth-order valence-electron chi connectivity index (χ4n) is 2.87. The Bertz CT molecular complexity index is 633. The van der Waals surface area contributed by atoms with Crippen LogP contribution in [-0.4, -0.2) is 51.4 Å². The van der Waals surface area contributed by atoms with E-state index in [1.165, 1.54) is 4.31 Å². The first kappa shape index (κ1) is 18.0. The van der Waals surface area contributed by atoms with Crippen molar-refractivity contribution in [3.63, 3.8) is 0 Å². The third-order valence-electron chi connectivity index (χ3n) is 4.19. The minimum atomic E-state index is -3.43. The Balaban J connectivity index is 2.12. The van der Waals surface area contributed by atoms with Crippen molar-refractivity contribution in [2.75, 3.05) is 34.4 Å². The highest BCUT2D eigenvalue weighted by Gasteiger charge is 2.30. The van der Waals surface area contributed by atoms with E-state index < -0.39 is 10.2 Å². The molecular formula is C16H26N2O4S. The summed E-state index contributed by atoms with van der Waals surface area (Å²) in [6, 6.07) is 5.45. The Hall–Kier alpha value is -1.31. The molecule has 0 aromatic heterocycles. The topological polar surface area (TPSA) is 59.1 Å². The zero-order valence-corrected chi connectivity index (χ0v) is 15.1. The van der Waals surface area contributed by atoms with Crippen molar-refractivity contribution in [2.45, 2.75) is 26.3 Å². The van der Waals surface area contributed by atoms with Gasteiger partial charge in [0.15, 0.2) is 11.5 Å². The molecule has 1 aliphatic heterocycles. The van der Waals surface area contributed by atoms with Crippen LogP contribution in [0.4, 0.5) is 0 Å². The summed E-state index contributed by atoms with van der Waals surface area (Å²) in [5.74, 6) is 1.64. The lowest BCUT2D eigenvalue weighted by Crippen LogP contribution is -2.45. The molecule has 0 spiro atoms. The van der Waals surface area contributed by atoms with E-state index in [1.807, 2.05) is 12.1 Å². The predicted octanol–water partition coefficient (Wildman–Crippen LogP) is 2.11. The molecule has 0 radical (unpaired) electrons. The summed E-state index contributed by atoms with van der Waals surface area (Å²) in [4.78, 5) is 0. The van der Waals surface area contributed by atoms with E-state index in [4.69, 9.17) is 9.47 Å². The third-order valence-corrected chi connectivity index (χ3v) is 6.09. The summed E-state index contributed by atoms with van der Waals surface area (Å²) >= 11 is 0. The number of ether oxygens (including phenoxy) is 2. The van der Waals surface area contributed by atoms with E-state index in [2.05, 4.69) is 6.92 Å². The van der Waals surface area contributed by atoms with Gasteiger partial charge in [0.2, 0.25) is 0 Å². The predicted molar refractivity (Wildman–Crippen MR) is 89.9 cm³/mol. The van der Waals surface area contributed by atoms with E-state index in [0.717, 1.165) is 18.4 Å². The van der Waals surface area contributed by atoms with E-state index in [9.17, 15) is 8.42 Å². The van der Waals surface area contributed by atoms with Gasteiger partial charge in [-0.25, -0.2) is 0 Å². The van der Waals surface area contributed by atoms with Crippen molar-refractivity contribution in [3.05, 3.63) is 23.8 Å². The molecular weight excluding hydrogens is 316 g/mol. The second-order valence-electron chi connectivity index (χ2n) is 6.06. The zero-order chi connectivity index (χ0) is 17.0. The van der Waals surface area contributed by atoms with Gasteiger partial charge in [-0.2, -0.15) is 17.0 Å². The normalized spacial score (nSPS) is 19.8. The van der Waals surface area contributed by atoms with Gasteiger partial charge in [0.1, 0.15) is 0 Å². The summed E-state index contributed by atoms with van der Waals surface area (Å²) < 4.78 is 38.9. The fraction of sp³-hybridized carbons (Fsp3) is 0.625. The van der Waals surface area contributed by atoms with Crippen LogP contribution in [0.1, 0.15) is 25.3 Å². The molecule has 2 rings (SSSR count). The van der Waals surface area contributed by atoms with Crippen molar-refractivity contribution >= 4 is 10.2 Å². The van der Waals surface area contributed by atoms with Crippen LogP contribution in [0.5, 0.6) is 11.5 Å². The molecule has 1 atom stereocenters. The number of piperidine rings is 1. The minimum absolute atomic E-state index is 0.299. The van der Waals surface area contributed by atoms with E-state index in [-0.39, 0.29) is 0 Å². The molecule has 6 nitrogen and oxygen atoms in total. The maximum Gasteiger partial charge on any atom is 0.282 e. The molecule has 1 aromatic rings. The zero-order valence-electron chi connectivity index (χ0n) is 14.3. The molecule has 1 heterocycles. The van der Waals surface area contributed by atoms with E-state index >= 15 is 0 Å². The molecule has 23 heavy (non-hydrogen) atoms. The van der Waals surface area contributed by atoms with Gasteiger partial charge < -0.3 is 9.47 Å². The van der Waals surface area contributed by atoms with Crippen LogP contribution in [0.2, 0.25) is 0 Å². The lowest BCUT2D eigenvalue weighted by Gasteiger charge is -2.33. The summed E-state index contributed by atoms with van der Waals surface area (Å²) in [6.45, 7) is 3.59. The van der Waals surface area contributed by atoms with Crippen molar-refractivity contribution in [2.24, 2.45) is 5.92 Å². The largest absolute Gasteiger partial charge is 0.493 e. The van der Waals surface area contributed by atoms with Gasteiger partial charge in [0, 0.05) is 26.7 Å². The number of hydrogen-bond acceptors (Lipinski definition) is 4. The molecule has 1 fully saturated rings. The summed E-state index contributed by atoms with van der Waals surface area (Å²) in [5.41, 5.74) is 0.860. The lowest BCUT2D eigenvalue weighted by atomic mass is 10.0. The second-order valence-corrected chi connectivity index (χ2v) is 8.09. The summed E-state index contributed by atoms with van der Waals surface area (Å²) in [6.07, 6.45) is 2.01. The first-order chi connectivity index (χ1) is 10.9. The molecule has 0 N–H and O–H groups in total. The van der Waals surface area contributed by atoms with Crippen molar-refractivity contribution in [1.29, 1.82) is 0 Å². The molecule has 1 aromatic carbocycles. The maximum atomic E-state index is 12.7. The van der Waals surface area contributed by atoms with Crippen LogP contribution in [0.15, 0.2) is 18.2 Å². The van der Waals surface area contributed by atoms with E-state index in [0.29, 0.717) is 37.1 Å². The average Bonchev–Trinajstić information content (AvgIpc) is 2.54. The van der Waals surface area contributed by atoms with Gasteiger partial charge in [0.05, 0.1) is 14.2 Å². The van der Waals surface area contributed by atoms with Crippen LogP contribution in [0.25, 0.3) is 0 Å². The summed E-state index contributed by atoms with van der Waals surface area (Å²) in [7, 11) is 1.32. The standard InChI is InChI=1S/C16H26N2O4S/c1-13-6-5-9-18(11-13)23(19,20)17(2)12-14-7-8-15(21-3)16(10-14)22-4/h7-8,10,13H,5-6,9,11-12H2,1-4H3. The van der Waals surface area contributed by atoms with Crippen LogP contribution in [-0.2, 0) is 16.8 Å². The van der Waals surface area contributed by atoms with Crippen LogP contribution in [0.3, 0.4) is 0 Å². The van der Waals surface area contributed by atoms with Gasteiger partial charge in [-0.05, 0) is 36.5 Å². The fourth-order valence-corrected chi connectivity index (χ4v) is 4.38. The molecule has 1 aliphatic rings. The molecule has 1 saturated heterocycles. The first-order valence-electron chi connectivity index (χ1n) is 7.80. The Kier molecular flexibility index (Phi) is 5.89. The van der Waals surface area contributed by atoms with Crippen LogP contribution < -0.4 is 9.47 Å². The highest BCUT2D eigenvalue weighted by molar-refractivity contribution is 7.86. The average molecular weight is 342 g/mol. The van der Waals surface area contributed by atoms with Gasteiger partial charge in [-0.3, -0.25) is 0 Å². The molecule has 130 valence electrons. The molecule has 0 saturated carbocycles. The Morgan fingerprint density at radius 1 is 1.26 bits per heavy atom. The SMILES string of the molecule is COc1ccc(CN(C)S(=O)(=O)N2CCCC(C)C2)cc1OC. The van der Waals surface area contributed by atoms with Gasteiger partial charge in [-0.1, -0.05) is 13.0 Å². The Morgan fingerprint density at radius 2 is 1.96 bits per heavy atom. The Morgan fingerprint density at radius 3 is 2.57 bits per heavy atom. The molecule has 0 bridgehead atoms. The third kappa shape index (κ3) is 4.16. The second kappa shape index (κ2) is 7.51. The minimum Gasteiger partial charge on any atom is -0.493 e. The Labute approximate surface area is 139 Å². The maximum absolute atomic E-state index is 12.7. The number of benzene rings is 1. The quantitative estimate of drug-likeness (QED) is 0.794. The van der Waals surface area contributed by atoms with E-state index in [1.54, 1.807) is 31.6 Å². The van der Waals surface area contributed by atoms with Crippen molar-refractivity contribution in [1.82, 2.24) is 8.61 Å². The highest BCUT2D eigenvalue weighted by Crippen LogP contribution is 2.28. The molecule has 0 amide bonds. The number of nitrogens with zero attached hydrogens (tertiary/aromatic N) is 2. The smallest absolute Gasteiger partial charge is 0.282 e. The molecule has 1 unspecified atom stereocenters. The van der Waals surface area contributed by atoms with Gasteiger partial charge in [-0.15, -0.1) is 0 Å². The number of hydrogen-bond donors (Lipinski definition) is 0. The number of methoxy groups -OCH3 is 2. The monoisotopic (exact) mass is 342 g/mol. The number of rotatable bonds is 6. The van der Waals surface area contributed by atoms with Gasteiger partial charge >= 0.3 is 0 Å². The van der Waals surface area contributed by atoms with Crippen LogP contribution >= 0.6 is 0 Å². The lowest BCUT2D eigenvalue weighted by molar-refractivity contribution is 0.263. The van der Waals surface area contributed by atoms with Crippen molar-refractivity contribution < 1.29 is 17.9 Å². The molecule has 0 aliphatic carbocycles. The van der Waals surface area contributed by atoms with Gasteiger partial charge in [0.25, 0.3) is 10.2 Å².